The lowest BCUT2D eigenvalue weighted by Gasteiger charge is -2.19. The maximum absolute atomic E-state index is 11.8. The number of hydrogen-bond donors (Lipinski definition) is 1. The van der Waals surface area contributed by atoms with Crippen LogP contribution >= 0.6 is 0 Å². The van der Waals surface area contributed by atoms with Gasteiger partial charge in [0.1, 0.15) is 0 Å². The average Bonchev–Trinajstić information content (AvgIpc) is 2.65. The first-order valence-corrected chi connectivity index (χ1v) is 5.56. The summed E-state index contributed by atoms with van der Waals surface area (Å²) >= 11 is 0. The topological polar surface area (TPSA) is 46.9 Å². The highest BCUT2D eigenvalue weighted by atomic mass is 16.1. The van der Waals surface area contributed by atoms with Gasteiger partial charge in [-0.3, -0.25) is 9.48 Å². The smallest absolute Gasteiger partial charge is 0.228 e. The average molecular weight is 207 g/mol. The Morgan fingerprint density at radius 2 is 2.20 bits per heavy atom. The molecule has 0 aromatic carbocycles. The lowest BCUT2D eigenvalue weighted by Crippen LogP contribution is -2.24. The van der Waals surface area contributed by atoms with Crippen molar-refractivity contribution in [3.8, 4) is 0 Å². The monoisotopic (exact) mass is 207 g/mol. The molecule has 0 bridgehead atoms. The zero-order valence-electron chi connectivity index (χ0n) is 9.07. The molecule has 0 saturated heterocycles. The van der Waals surface area contributed by atoms with Gasteiger partial charge in [-0.05, 0) is 12.8 Å². The second-order valence-corrected chi connectivity index (χ2v) is 4.20. The zero-order valence-corrected chi connectivity index (χ0v) is 9.07. The van der Waals surface area contributed by atoms with Gasteiger partial charge in [-0.15, -0.1) is 0 Å². The molecule has 82 valence electrons. The van der Waals surface area contributed by atoms with Gasteiger partial charge in [0.05, 0.1) is 0 Å². The predicted molar refractivity (Wildman–Crippen MR) is 58.4 cm³/mol. The van der Waals surface area contributed by atoms with Gasteiger partial charge in [0.15, 0.2) is 5.82 Å². The summed E-state index contributed by atoms with van der Waals surface area (Å²) in [5, 5.41) is 6.99. The van der Waals surface area contributed by atoms with Crippen LogP contribution in [0, 0.1) is 5.92 Å². The summed E-state index contributed by atoms with van der Waals surface area (Å²) in [6, 6.07) is 1.82. The van der Waals surface area contributed by atoms with E-state index in [0.717, 1.165) is 12.8 Å². The minimum absolute atomic E-state index is 0.133. The molecule has 1 aliphatic rings. The first-order valence-electron chi connectivity index (χ1n) is 5.56. The molecular formula is C11H17N3O. The van der Waals surface area contributed by atoms with E-state index >= 15 is 0 Å². The fourth-order valence-electron chi connectivity index (χ4n) is 2.07. The zero-order chi connectivity index (χ0) is 10.7. The second-order valence-electron chi connectivity index (χ2n) is 4.20. The van der Waals surface area contributed by atoms with Gasteiger partial charge in [-0.2, -0.15) is 5.10 Å². The Morgan fingerprint density at radius 1 is 1.47 bits per heavy atom. The van der Waals surface area contributed by atoms with E-state index < -0.39 is 0 Å². The van der Waals surface area contributed by atoms with Gasteiger partial charge in [0.2, 0.25) is 5.91 Å². The predicted octanol–water partition coefficient (Wildman–Crippen LogP) is 1.94. The van der Waals surface area contributed by atoms with Crippen molar-refractivity contribution in [2.24, 2.45) is 13.0 Å². The second kappa shape index (κ2) is 4.47. The maximum atomic E-state index is 11.8. The Morgan fingerprint density at radius 3 is 2.80 bits per heavy atom. The van der Waals surface area contributed by atoms with Crippen LogP contribution in [0.1, 0.15) is 32.1 Å². The van der Waals surface area contributed by atoms with Gasteiger partial charge < -0.3 is 5.32 Å². The van der Waals surface area contributed by atoms with E-state index in [9.17, 15) is 4.79 Å². The minimum atomic E-state index is 0.133. The van der Waals surface area contributed by atoms with Crippen molar-refractivity contribution < 1.29 is 4.79 Å². The van der Waals surface area contributed by atoms with Crippen molar-refractivity contribution in [1.82, 2.24) is 9.78 Å². The van der Waals surface area contributed by atoms with Crippen LogP contribution in [0.25, 0.3) is 0 Å². The lowest BCUT2D eigenvalue weighted by molar-refractivity contribution is -0.120. The molecule has 1 aromatic heterocycles. The fraction of sp³-hybridized carbons (Fsp3) is 0.636. The minimum Gasteiger partial charge on any atom is -0.309 e. The van der Waals surface area contributed by atoms with E-state index in [4.69, 9.17) is 0 Å². The molecule has 1 aliphatic carbocycles. The Hall–Kier alpha value is -1.32. The summed E-state index contributed by atoms with van der Waals surface area (Å²) < 4.78 is 1.69. The molecule has 1 heterocycles. The Balaban J connectivity index is 1.91. The summed E-state index contributed by atoms with van der Waals surface area (Å²) in [6.45, 7) is 0. The molecule has 2 rings (SSSR count). The molecule has 1 aromatic rings. The van der Waals surface area contributed by atoms with Crippen LogP contribution in [-0.4, -0.2) is 15.7 Å². The molecule has 15 heavy (non-hydrogen) atoms. The standard InChI is InChI=1S/C11H17N3O/c1-14-8-7-10(13-14)12-11(15)9-5-3-2-4-6-9/h7-9H,2-6H2,1H3,(H,12,13,15). The van der Waals surface area contributed by atoms with Crippen LogP contribution in [0.2, 0.25) is 0 Å². The lowest BCUT2D eigenvalue weighted by atomic mass is 9.89. The Labute approximate surface area is 89.7 Å². The van der Waals surface area contributed by atoms with Crippen molar-refractivity contribution in [2.75, 3.05) is 5.32 Å². The van der Waals surface area contributed by atoms with E-state index in [1.54, 1.807) is 4.68 Å². The number of carbonyl (C=O) groups is 1. The van der Waals surface area contributed by atoms with Crippen LogP contribution in [0.5, 0.6) is 0 Å². The van der Waals surface area contributed by atoms with Crippen LogP contribution < -0.4 is 5.32 Å². The number of carbonyl (C=O) groups excluding carboxylic acids is 1. The van der Waals surface area contributed by atoms with E-state index in [0.29, 0.717) is 5.82 Å². The van der Waals surface area contributed by atoms with Crippen LogP contribution in [0.3, 0.4) is 0 Å². The van der Waals surface area contributed by atoms with Crippen molar-refractivity contribution >= 4 is 11.7 Å². The van der Waals surface area contributed by atoms with Gasteiger partial charge in [0, 0.05) is 25.2 Å². The summed E-state index contributed by atoms with van der Waals surface area (Å²) in [5.74, 6) is 0.988. The number of aryl methyl sites for hydroxylation is 1. The van der Waals surface area contributed by atoms with Crippen molar-refractivity contribution in [2.45, 2.75) is 32.1 Å². The maximum Gasteiger partial charge on any atom is 0.228 e. The summed E-state index contributed by atoms with van der Waals surface area (Å²) in [4.78, 5) is 11.8. The fourth-order valence-corrected chi connectivity index (χ4v) is 2.07. The number of aromatic nitrogens is 2. The van der Waals surface area contributed by atoms with Crippen molar-refractivity contribution in [3.63, 3.8) is 0 Å². The number of hydrogen-bond acceptors (Lipinski definition) is 2. The molecule has 0 radical (unpaired) electrons. The number of amides is 1. The number of nitrogens with one attached hydrogen (secondary N) is 1. The molecule has 1 N–H and O–H groups in total. The summed E-state index contributed by atoms with van der Waals surface area (Å²) in [6.07, 6.45) is 7.52. The summed E-state index contributed by atoms with van der Waals surface area (Å²) in [5.41, 5.74) is 0. The molecule has 1 amide bonds. The van der Waals surface area contributed by atoms with Crippen LogP contribution in [0.15, 0.2) is 12.3 Å². The van der Waals surface area contributed by atoms with E-state index in [1.165, 1.54) is 19.3 Å². The van der Waals surface area contributed by atoms with Crippen molar-refractivity contribution in [3.05, 3.63) is 12.3 Å². The van der Waals surface area contributed by atoms with Gasteiger partial charge in [-0.1, -0.05) is 19.3 Å². The highest BCUT2D eigenvalue weighted by molar-refractivity contribution is 5.91. The third-order valence-electron chi connectivity index (χ3n) is 2.94. The number of nitrogens with zero attached hydrogens (tertiary/aromatic N) is 2. The van der Waals surface area contributed by atoms with Gasteiger partial charge in [-0.25, -0.2) is 0 Å². The van der Waals surface area contributed by atoms with E-state index in [1.807, 2.05) is 19.3 Å². The Kier molecular flexibility index (Phi) is 3.04. The molecular weight excluding hydrogens is 190 g/mol. The number of anilines is 1. The largest absolute Gasteiger partial charge is 0.309 e. The third kappa shape index (κ3) is 2.58. The van der Waals surface area contributed by atoms with Crippen molar-refractivity contribution in [1.29, 1.82) is 0 Å². The highest BCUT2D eigenvalue weighted by Crippen LogP contribution is 2.24. The van der Waals surface area contributed by atoms with Gasteiger partial charge >= 0.3 is 0 Å². The SMILES string of the molecule is Cn1ccc(NC(=O)C2CCCCC2)n1. The van der Waals surface area contributed by atoms with E-state index in [-0.39, 0.29) is 11.8 Å². The number of rotatable bonds is 2. The normalized spacial score (nSPS) is 17.7. The van der Waals surface area contributed by atoms with Crippen LogP contribution in [0.4, 0.5) is 5.82 Å². The molecule has 4 heteroatoms. The first kappa shape index (κ1) is 10.2. The molecule has 4 nitrogen and oxygen atoms in total. The summed E-state index contributed by atoms with van der Waals surface area (Å²) in [7, 11) is 1.84. The van der Waals surface area contributed by atoms with Gasteiger partial charge in [0.25, 0.3) is 0 Å². The molecule has 0 unspecified atom stereocenters. The molecule has 0 spiro atoms. The Bertz CT molecular complexity index is 339. The van der Waals surface area contributed by atoms with Crippen LogP contribution in [-0.2, 0) is 11.8 Å². The molecule has 0 aliphatic heterocycles. The molecule has 0 atom stereocenters. The molecule has 1 fully saturated rings. The highest BCUT2D eigenvalue weighted by Gasteiger charge is 2.21. The molecule has 1 saturated carbocycles. The first-order chi connectivity index (χ1) is 7.25. The third-order valence-corrected chi connectivity index (χ3v) is 2.94. The van der Waals surface area contributed by atoms with E-state index in [2.05, 4.69) is 10.4 Å². The quantitative estimate of drug-likeness (QED) is 0.805.